The van der Waals surface area contributed by atoms with E-state index < -0.39 is 11.8 Å². The van der Waals surface area contributed by atoms with Crippen molar-refractivity contribution in [3.05, 3.63) is 53.0 Å². The number of hydrogen-bond donors (Lipinski definition) is 1. The number of nitrogens with one attached hydrogen (secondary N) is 1. The zero-order valence-corrected chi connectivity index (χ0v) is 15.2. The number of methoxy groups -OCH3 is 2. The number of rotatable bonds is 6. The summed E-state index contributed by atoms with van der Waals surface area (Å²) in [4.78, 5) is 12.2. The molecule has 0 aliphatic heterocycles. The lowest BCUT2D eigenvalue weighted by Gasteiger charge is -2.09. The van der Waals surface area contributed by atoms with E-state index in [-0.39, 0.29) is 12.4 Å². The van der Waals surface area contributed by atoms with Gasteiger partial charge in [0.2, 0.25) is 0 Å². The maximum Gasteiger partial charge on any atom is 0.341 e. The van der Waals surface area contributed by atoms with Gasteiger partial charge in [-0.1, -0.05) is 12.1 Å². The maximum absolute atomic E-state index is 13.5. The lowest BCUT2D eigenvalue weighted by atomic mass is 10.1. The molecule has 140 valence electrons. The van der Waals surface area contributed by atoms with Crippen LogP contribution in [-0.2, 0) is 4.74 Å². The van der Waals surface area contributed by atoms with Crippen LogP contribution in [-0.4, -0.2) is 37.0 Å². The number of carbonyl (C=O) groups excluding carboxylic acids is 1. The van der Waals surface area contributed by atoms with Crippen molar-refractivity contribution in [2.24, 2.45) is 0 Å². The molecule has 6 nitrogen and oxygen atoms in total. The second kappa shape index (κ2) is 7.90. The molecule has 3 rings (SSSR count). The average molecular weight is 370 g/mol. The van der Waals surface area contributed by atoms with Crippen LogP contribution in [0.2, 0.25) is 0 Å². The number of H-pyrrole nitrogens is 1. The summed E-state index contributed by atoms with van der Waals surface area (Å²) >= 11 is 0. The third-order valence-corrected chi connectivity index (χ3v) is 4.02. The first-order chi connectivity index (χ1) is 13.1. The highest BCUT2D eigenvalue weighted by Crippen LogP contribution is 2.33. The molecule has 0 spiro atoms. The van der Waals surface area contributed by atoms with E-state index in [1.54, 1.807) is 43.3 Å². The molecule has 1 aromatic heterocycles. The van der Waals surface area contributed by atoms with Crippen LogP contribution < -0.4 is 9.47 Å². The highest BCUT2D eigenvalue weighted by atomic mass is 19.1. The van der Waals surface area contributed by atoms with Gasteiger partial charge in [0.05, 0.1) is 37.4 Å². The Labute approximate surface area is 155 Å². The van der Waals surface area contributed by atoms with E-state index in [1.165, 1.54) is 20.3 Å². The fourth-order valence-corrected chi connectivity index (χ4v) is 2.76. The Morgan fingerprint density at radius 2 is 2.00 bits per heavy atom. The molecule has 27 heavy (non-hydrogen) atoms. The molecular weight excluding hydrogens is 351 g/mol. The van der Waals surface area contributed by atoms with E-state index in [1.807, 2.05) is 0 Å². The Kier molecular flexibility index (Phi) is 5.40. The number of ether oxygens (including phenoxy) is 3. The Balaban J connectivity index is 2.04. The zero-order valence-electron chi connectivity index (χ0n) is 15.2. The Bertz CT molecular complexity index is 1010. The SMILES string of the molecule is CCOC(=O)c1ccc2n[nH]c(/C=C/c3ccc(F)c(OC)c3)c2c1OC. The first kappa shape index (κ1) is 18.4. The standard InChI is InChI=1S/C20H19FN2O4/c1-4-27-20(24)13-7-10-16-18(19(13)26-3)15(22-23-16)9-6-12-5-8-14(21)17(11-12)25-2/h5-11H,4H2,1-3H3,(H,22,23)/b9-6+. The van der Waals surface area contributed by atoms with E-state index >= 15 is 0 Å². The molecule has 1 heterocycles. The number of halogens is 1. The number of esters is 1. The summed E-state index contributed by atoms with van der Waals surface area (Å²) in [7, 11) is 2.90. The normalized spacial score (nSPS) is 11.1. The van der Waals surface area contributed by atoms with Crippen molar-refractivity contribution in [2.75, 3.05) is 20.8 Å². The average Bonchev–Trinajstić information content (AvgIpc) is 3.10. The molecule has 0 atom stereocenters. The molecule has 7 heteroatoms. The van der Waals surface area contributed by atoms with Gasteiger partial charge in [-0.2, -0.15) is 5.10 Å². The Morgan fingerprint density at radius 1 is 1.19 bits per heavy atom. The van der Waals surface area contributed by atoms with Crippen molar-refractivity contribution < 1.29 is 23.4 Å². The first-order valence-corrected chi connectivity index (χ1v) is 8.32. The van der Waals surface area contributed by atoms with Crippen LogP contribution in [0.4, 0.5) is 4.39 Å². The Morgan fingerprint density at radius 3 is 2.70 bits per heavy atom. The topological polar surface area (TPSA) is 73.4 Å². The molecule has 0 radical (unpaired) electrons. The first-order valence-electron chi connectivity index (χ1n) is 8.32. The molecule has 2 aromatic carbocycles. The van der Waals surface area contributed by atoms with Crippen molar-refractivity contribution >= 4 is 29.0 Å². The second-order valence-electron chi connectivity index (χ2n) is 5.63. The minimum absolute atomic E-state index is 0.161. The maximum atomic E-state index is 13.5. The molecule has 0 saturated heterocycles. The highest BCUT2D eigenvalue weighted by Gasteiger charge is 2.19. The molecule has 0 bridgehead atoms. The van der Waals surface area contributed by atoms with Crippen LogP contribution in [0.1, 0.15) is 28.5 Å². The predicted octanol–water partition coefficient (Wildman–Crippen LogP) is 4.07. The van der Waals surface area contributed by atoms with Crippen LogP contribution in [0.15, 0.2) is 30.3 Å². The van der Waals surface area contributed by atoms with Gasteiger partial charge in [0.1, 0.15) is 11.3 Å². The number of benzene rings is 2. The van der Waals surface area contributed by atoms with Gasteiger partial charge in [-0.05, 0) is 42.8 Å². The van der Waals surface area contributed by atoms with Crippen molar-refractivity contribution in [2.45, 2.75) is 6.92 Å². The lowest BCUT2D eigenvalue weighted by molar-refractivity contribution is 0.0523. The number of fused-ring (bicyclic) bond motifs is 1. The van der Waals surface area contributed by atoms with E-state index in [4.69, 9.17) is 14.2 Å². The minimum Gasteiger partial charge on any atom is -0.495 e. The van der Waals surface area contributed by atoms with Crippen LogP contribution in [0, 0.1) is 5.82 Å². The van der Waals surface area contributed by atoms with Crippen molar-refractivity contribution in [1.29, 1.82) is 0 Å². The number of aromatic nitrogens is 2. The summed E-state index contributed by atoms with van der Waals surface area (Å²) < 4.78 is 29.1. The lowest BCUT2D eigenvalue weighted by Crippen LogP contribution is -2.07. The summed E-state index contributed by atoms with van der Waals surface area (Å²) in [5.74, 6) is -0.345. The van der Waals surface area contributed by atoms with Gasteiger partial charge in [0.25, 0.3) is 0 Å². The smallest absolute Gasteiger partial charge is 0.341 e. The molecule has 1 N–H and O–H groups in total. The predicted molar refractivity (Wildman–Crippen MR) is 100 cm³/mol. The Hall–Kier alpha value is -3.35. The van der Waals surface area contributed by atoms with E-state index in [0.29, 0.717) is 27.9 Å². The quantitative estimate of drug-likeness (QED) is 0.662. The zero-order chi connectivity index (χ0) is 19.4. The highest BCUT2D eigenvalue weighted by molar-refractivity contribution is 6.03. The number of nitrogens with zero attached hydrogens (tertiary/aromatic N) is 1. The molecule has 0 aliphatic carbocycles. The largest absolute Gasteiger partial charge is 0.495 e. The van der Waals surface area contributed by atoms with Crippen LogP contribution in [0.3, 0.4) is 0 Å². The van der Waals surface area contributed by atoms with Crippen molar-refractivity contribution in [1.82, 2.24) is 10.2 Å². The molecule has 0 unspecified atom stereocenters. The van der Waals surface area contributed by atoms with Gasteiger partial charge in [0.15, 0.2) is 11.6 Å². The summed E-state index contributed by atoms with van der Waals surface area (Å²) in [6.45, 7) is 2.01. The third kappa shape index (κ3) is 3.62. The van der Waals surface area contributed by atoms with Crippen LogP contribution >= 0.6 is 0 Å². The summed E-state index contributed by atoms with van der Waals surface area (Å²) in [5, 5.41) is 7.82. The van der Waals surface area contributed by atoms with Crippen LogP contribution in [0.25, 0.3) is 23.1 Å². The van der Waals surface area contributed by atoms with Gasteiger partial charge in [-0.15, -0.1) is 0 Å². The number of carbonyl (C=O) groups is 1. The molecular formula is C20H19FN2O4. The van der Waals surface area contributed by atoms with Gasteiger partial charge in [-0.3, -0.25) is 5.10 Å². The van der Waals surface area contributed by atoms with E-state index in [2.05, 4.69) is 10.2 Å². The fraction of sp³-hybridized carbons (Fsp3) is 0.200. The number of aromatic amines is 1. The monoisotopic (exact) mass is 370 g/mol. The van der Waals surface area contributed by atoms with Gasteiger partial charge in [-0.25, -0.2) is 9.18 Å². The van der Waals surface area contributed by atoms with E-state index in [0.717, 1.165) is 5.56 Å². The second-order valence-corrected chi connectivity index (χ2v) is 5.63. The summed E-state index contributed by atoms with van der Waals surface area (Å²) in [6, 6.07) is 7.90. The van der Waals surface area contributed by atoms with Gasteiger partial charge < -0.3 is 14.2 Å². The summed E-state index contributed by atoms with van der Waals surface area (Å²) in [6.07, 6.45) is 3.56. The molecule has 0 aliphatic rings. The molecule has 3 aromatic rings. The van der Waals surface area contributed by atoms with E-state index in [9.17, 15) is 9.18 Å². The molecule has 0 fully saturated rings. The van der Waals surface area contributed by atoms with Crippen LogP contribution in [0.5, 0.6) is 11.5 Å². The third-order valence-electron chi connectivity index (χ3n) is 4.02. The van der Waals surface area contributed by atoms with Crippen molar-refractivity contribution in [3.63, 3.8) is 0 Å². The number of hydrogen-bond acceptors (Lipinski definition) is 5. The van der Waals surface area contributed by atoms with Gasteiger partial charge in [0, 0.05) is 0 Å². The summed E-state index contributed by atoms with van der Waals surface area (Å²) in [5.41, 5.74) is 2.37. The molecule has 0 amide bonds. The van der Waals surface area contributed by atoms with Gasteiger partial charge >= 0.3 is 5.97 Å². The minimum atomic E-state index is -0.462. The van der Waals surface area contributed by atoms with Crippen molar-refractivity contribution in [3.8, 4) is 11.5 Å². The fourth-order valence-electron chi connectivity index (χ4n) is 2.76. The molecule has 0 saturated carbocycles.